The van der Waals surface area contributed by atoms with E-state index in [0.717, 1.165) is 25.3 Å². The van der Waals surface area contributed by atoms with Crippen LogP contribution in [0, 0.1) is 0 Å². The van der Waals surface area contributed by atoms with E-state index in [1.54, 1.807) is 6.07 Å². The van der Waals surface area contributed by atoms with E-state index in [-0.39, 0.29) is 5.69 Å². The molecule has 3 rings (SSSR count). The Morgan fingerprint density at radius 1 is 1.39 bits per heavy atom. The highest BCUT2D eigenvalue weighted by Gasteiger charge is 2.22. The predicted octanol–water partition coefficient (Wildman–Crippen LogP) is 0.688. The number of carboxylic acid groups (broad SMARTS) is 1. The van der Waals surface area contributed by atoms with Crippen molar-refractivity contribution in [3.63, 3.8) is 0 Å². The van der Waals surface area contributed by atoms with Crippen LogP contribution >= 0.6 is 0 Å². The van der Waals surface area contributed by atoms with Crippen molar-refractivity contribution in [3.05, 3.63) is 30.1 Å². The molecular formula is C15H20N6O2. The number of hydrogen-bond donors (Lipinski definition) is 2. The lowest BCUT2D eigenvalue weighted by Gasteiger charge is -2.39. The Labute approximate surface area is 134 Å². The van der Waals surface area contributed by atoms with Crippen molar-refractivity contribution in [2.75, 3.05) is 37.3 Å². The number of aromatic carboxylic acids is 1. The van der Waals surface area contributed by atoms with E-state index in [1.165, 1.54) is 10.9 Å². The Hall–Kier alpha value is -2.61. The molecule has 23 heavy (non-hydrogen) atoms. The maximum absolute atomic E-state index is 10.9. The van der Waals surface area contributed by atoms with Crippen LogP contribution in [0.5, 0.6) is 0 Å². The zero-order valence-corrected chi connectivity index (χ0v) is 13.2. The fourth-order valence-corrected chi connectivity index (χ4v) is 2.73. The molecule has 0 spiro atoms. The second-order valence-electron chi connectivity index (χ2n) is 5.87. The molecule has 8 nitrogen and oxygen atoms in total. The van der Waals surface area contributed by atoms with Gasteiger partial charge in [0.15, 0.2) is 5.69 Å². The molecule has 1 aromatic heterocycles. The zero-order valence-electron chi connectivity index (χ0n) is 13.2. The molecule has 2 heterocycles. The molecule has 1 fully saturated rings. The van der Waals surface area contributed by atoms with Gasteiger partial charge in [0.1, 0.15) is 0 Å². The van der Waals surface area contributed by atoms with Crippen LogP contribution in [-0.4, -0.2) is 63.7 Å². The summed E-state index contributed by atoms with van der Waals surface area (Å²) in [5, 5.41) is 16.3. The van der Waals surface area contributed by atoms with E-state index in [1.807, 2.05) is 12.1 Å². The monoisotopic (exact) mass is 316 g/mol. The quantitative estimate of drug-likeness (QED) is 0.803. The maximum Gasteiger partial charge on any atom is 0.358 e. The van der Waals surface area contributed by atoms with Crippen LogP contribution in [0.3, 0.4) is 0 Å². The van der Waals surface area contributed by atoms with E-state index in [4.69, 9.17) is 10.8 Å². The largest absolute Gasteiger partial charge is 0.476 e. The minimum Gasteiger partial charge on any atom is -0.476 e. The van der Waals surface area contributed by atoms with Crippen LogP contribution < -0.4 is 10.6 Å². The number of carboxylic acids is 1. The van der Waals surface area contributed by atoms with Gasteiger partial charge in [-0.15, -0.1) is 5.10 Å². The average molecular weight is 316 g/mol. The molecule has 122 valence electrons. The minimum atomic E-state index is -1.10. The molecule has 0 amide bonds. The van der Waals surface area contributed by atoms with Crippen LogP contribution in [0.15, 0.2) is 24.4 Å². The molecule has 0 radical (unpaired) electrons. The van der Waals surface area contributed by atoms with Gasteiger partial charge in [-0.05, 0) is 32.2 Å². The van der Waals surface area contributed by atoms with Gasteiger partial charge in [-0.2, -0.15) is 0 Å². The lowest BCUT2D eigenvalue weighted by Crippen LogP contribution is -2.50. The number of benzene rings is 1. The molecule has 0 unspecified atom stereocenters. The van der Waals surface area contributed by atoms with Gasteiger partial charge in [0.05, 0.1) is 23.3 Å². The molecular weight excluding hydrogens is 296 g/mol. The summed E-state index contributed by atoms with van der Waals surface area (Å²) in [6, 6.07) is 6.08. The number of nitrogen functional groups attached to an aromatic ring is 1. The van der Waals surface area contributed by atoms with Crippen LogP contribution in [0.25, 0.3) is 5.69 Å². The number of piperazine rings is 1. The Morgan fingerprint density at radius 2 is 2.17 bits per heavy atom. The van der Waals surface area contributed by atoms with Crippen molar-refractivity contribution in [1.82, 2.24) is 19.9 Å². The molecule has 1 aliphatic rings. The van der Waals surface area contributed by atoms with Crippen molar-refractivity contribution in [3.8, 4) is 5.69 Å². The topological polar surface area (TPSA) is 101 Å². The molecule has 3 N–H and O–H groups in total. The normalized spacial score (nSPS) is 19.0. The fraction of sp³-hybridized carbons (Fsp3) is 0.400. The predicted molar refractivity (Wildman–Crippen MR) is 87.0 cm³/mol. The standard InChI is InChI=1S/C15H20N6O2/c1-10-8-20(6-5-19(10)2)14-4-3-11(7-12(14)16)21-9-13(15(22)23)17-18-21/h3-4,7,9-10H,5-6,8,16H2,1-2H3,(H,22,23)/t10-/m0/s1. The summed E-state index contributed by atoms with van der Waals surface area (Å²) in [4.78, 5) is 15.5. The molecule has 0 aliphatic carbocycles. The summed E-state index contributed by atoms with van der Waals surface area (Å²) in [5.74, 6) is -1.10. The molecule has 0 bridgehead atoms. The van der Waals surface area contributed by atoms with E-state index in [9.17, 15) is 4.79 Å². The first-order valence-corrected chi connectivity index (χ1v) is 7.46. The lowest BCUT2D eigenvalue weighted by atomic mass is 10.1. The van der Waals surface area contributed by atoms with Gasteiger partial charge in [-0.1, -0.05) is 5.21 Å². The number of hydrogen-bond acceptors (Lipinski definition) is 6. The SMILES string of the molecule is C[C@H]1CN(c2ccc(-n3cc(C(=O)O)nn3)cc2N)CCN1C. The smallest absolute Gasteiger partial charge is 0.358 e. The van der Waals surface area contributed by atoms with E-state index >= 15 is 0 Å². The number of aromatic nitrogens is 3. The third kappa shape index (κ3) is 2.98. The van der Waals surface area contributed by atoms with Crippen LogP contribution in [0.2, 0.25) is 0 Å². The highest BCUT2D eigenvalue weighted by molar-refractivity contribution is 5.84. The van der Waals surface area contributed by atoms with Crippen molar-refractivity contribution >= 4 is 17.3 Å². The van der Waals surface area contributed by atoms with E-state index in [0.29, 0.717) is 17.4 Å². The van der Waals surface area contributed by atoms with Gasteiger partial charge in [0.25, 0.3) is 0 Å². The zero-order chi connectivity index (χ0) is 16.6. The van der Waals surface area contributed by atoms with Crippen LogP contribution in [0.4, 0.5) is 11.4 Å². The van der Waals surface area contributed by atoms with Gasteiger partial charge in [0.2, 0.25) is 0 Å². The third-order valence-corrected chi connectivity index (χ3v) is 4.29. The number of rotatable bonds is 3. The summed E-state index contributed by atoms with van der Waals surface area (Å²) >= 11 is 0. The van der Waals surface area contributed by atoms with Gasteiger partial charge < -0.3 is 20.6 Å². The van der Waals surface area contributed by atoms with Gasteiger partial charge in [0, 0.05) is 25.7 Å². The number of nitrogens with zero attached hydrogens (tertiary/aromatic N) is 5. The average Bonchev–Trinajstić information content (AvgIpc) is 3.00. The van der Waals surface area contributed by atoms with E-state index < -0.39 is 5.97 Å². The van der Waals surface area contributed by atoms with Crippen molar-refractivity contribution < 1.29 is 9.90 Å². The Kier molecular flexibility index (Phi) is 3.91. The molecule has 1 aromatic carbocycles. The van der Waals surface area contributed by atoms with Crippen molar-refractivity contribution in [1.29, 1.82) is 0 Å². The number of carbonyl (C=O) groups is 1. The maximum atomic E-state index is 10.9. The Bertz CT molecular complexity index is 729. The molecule has 2 aromatic rings. The molecule has 1 saturated heterocycles. The molecule has 8 heteroatoms. The van der Waals surface area contributed by atoms with Crippen LogP contribution in [0.1, 0.15) is 17.4 Å². The number of likely N-dealkylation sites (N-methyl/N-ethyl adjacent to an activating group) is 1. The molecule has 0 saturated carbocycles. The first kappa shape index (κ1) is 15.3. The van der Waals surface area contributed by atoms with Crippen molar-refractivity contribution in [2.24, 2.45) is 0 Å². The third-order valence-electron chi connectivity index (χ3n) is 4.29. The summed E-state index contributed by atoms with van der Waals surface area (Å²) in [7, 11) is 2.12. The van der Waals surface area contributed by atoms with Crippen LogP contribution in [-0.2, 0) is 0 Å². The molecule has 1 aliphatic heterocycles. The first-order valence-electron chi connectivity index (χ1n) is 7.46. The summed E-state index contributed by atoms with van der Waals surface area (Å²) in [6.45, 7) is 5.04. The Balaban J connectivity index is 1.84. The van der Waals surface area contributed by atoms with Gasteiger partial charge in [-0.3, -0.25) is 0 Å². The lowest BCUT2D eigenvalue weighted by molar-refractivity contribution is 0.0690. The van der Waals surface area contributed by atoms with Crippen molar-refractivity contribution in [2.45, 2.75) is 13.0 Å². The number of nitrogens with two attached hydrogens (primary N) is 1. The number of anilines is 2. The first-order chi connectivity index (χ1) is 11.0. The second-order valence-corrected chi connectivity index (χ2v) is 5.87. The Morgan fingerprint density at radius 3 is 2.78 bits per heavy atom. The van der Waals surface area contributed by atoms with E-state index in [2.05, 4.69) is 34.1 Å². The molecule has 1 atom stereocenters. The second kappa shape index (κ2) is 5.88. The fourth-order valence-electron chi connectivity index (χ4n) is 2.73. The van der Waals surface area contributed by atoms with Gasteiger partial charge in [-0.25, -0.2) is 9.48 Å². The summed E-state index contributed by atoms with van der Waals surface area (Å²) < 4.78 is 1.41. The highest BCUT2D eigenvalue weighted by Crippen LogP contribution is 2.27. The minimum absolute atomic E-state index is 0.0967. The summed E-state index contributed by atoms with van der Waals surface area (Å²) in [5.41, 5.74) is 8.43. The van der Waals surface area contributed by atoms with Gasteiger partial charge >= 0.3 is 5.97 Å². The summed E-state index contributed by atoms with van der Waals surface area (Å²) in [6.07, 6.45) is 1.37. The highest BCUT2D eigenvalue weighted by atomic mass is 16.4.